The minimum atomic E-state index is -3.94. The first-order valence-electron chi connectivity index (χ1n) is 12.6. The van der Waals surface area contributed by atoms with Gasteiger partial charge < -0.3 is 19.9 Å². The molecule has 212 valence electrons. The number of halogens is 1. The Hall–Kier alpha value is -4.00. The first kappa shape index (κ1) is 29.0. The third-order valence-electron chi connectivity index (χ3n) is 6.36. The second-order valence-corrected chi connectivity index (χ2v) is 11.5. The lowest BCUT2D eigenvalue weighted by atomic mass is 10.1. The third kappa shape index (κ3) is 6.58. The second kappa shape index (κ2) is 12.5. The van der Waals surface area contributed by atoms with Crippen LogP contribution in [0.15, 0.2) is 76.7 Å². The van der Waals surface area contributed by atoms with Crippen molar-refractivity contribution in [3.05, 3.63) is 78.2 Å². The number of amides is 1. The van der Waals surface area contributed by atoms with E-state index in [1.165, 1.54) is 41.3 Å². The molecule has 0 atom stereocenters. The Morgan fingerprint density at radius 2 is 1.80 bits per heavy atom. The highest BCUT2D eigenvalue weighted by molar-refractivity contribution is 7.91. The maximum absolute atomic E-state index is 13.6. The van der Waals surface area contributed by atoms with Gasteiger partial charge in [-0.1, -0.05) is 6.07 Å². The van der Waals surface area contributed by atoms with Crippen LogP contribution in [0, 0.1) is 5.82 Å². The van der Waals surface area contributed by atoms with Gasteiger partial charge in [0.1, 0.15) is 5.82 Å². The van der Waals surface area contributed by atoms with E-state index in [2.05, 4.69) is 25.6 Å². The van der Waals surface area contributed by atoms with Gasteiger partial charge in [0.2, 0.25) is 9.84 Å². The summed E-state index contributed by atoms with van der Waals surface area (Å²) in [7, 11) is 3.70. The van der Waals surface area contributed by atoms with Crippen LogP contribution in [0.2, 0.25) is 0 Å². The minimum absolute atomic E-state index is 0.00455. The van der Waals surface area contributed by atoms with Gasteiger partial charge in [0, 0.05) is 50.6 Å². The van der Waals surface area contributed by atoms with Gasteiger partial charge in [-0.2, -0.15) is 9.89 Å². The van der Waals surface area contributed by atoms with Crippen molar-refractivity contribution in [2.45, 2.75) is 9.79 Å². The Balaban J connectivity index is 1.58. The van der Waals surface area contributed by atoms with Crippen molar-refractivity contribution in [2.24, 2.45) is 0 Å². The molecule has 40 heavy (non-hydrogen) atoms. The monoisotopic (exact) mass is 568 g/mol. The molecule has 0 saturated carbocycles. The van der Waals surface area contributed by atoms with Crippen molar-refractivity contribution < 1.29 is 22.3 Å². The highest BCUT2D eigenvalue weighted by Crippen LogP contribution is 2.26. The van der Waals surface area contributed by atoms with Gasteiger partial charge >= 0.3 is 0 Å². The summed E-state index contributed by atoms with van der Waals surface area (Å²) < 4.78 is 44.8. The van der Waals surface area contributed by atoms with Crippen LogP contribution in [0.1, 0.15) is 10.4 Å². The Morgan fingerprint density at radius 1 is 1.02 bits per heavy atom. The first-order valence-corrected chi connectivity index (χ1v) is 14.1. The smallest absolute Gasteiger partial charge is 0.273 e. The molecule has 2 N–H and O–H groups in total. The summed E-state index contributed by atoms with van der Waals surface area (Å²) in [6.45, 7) is 2.66. The molecule has 1 heterocycles. The molecule has 0 aliphatic heterocycles. The van der Waals surface area contributed by atoms with Crippen LogP contribution >= 0.6 is 0 Å². The summed E-state index contributed by atoms with van der Waals surface area (Å²) in [5, 5.41) is 8.00. The van der Waals surface area contributed by atoms with Crippen LogP contribution < -0.4 is 15.6 Å². The molecule has 0 spiro atoms. The molecule has 0 bridgehead atoms. The van der Waals surface area contributed by atoms with Crippen molar-refractivity contribution >= 4 is 38.0 Å². The Labute approximate surface area is 233 Å². The number of carbonyl (C=O) groups is 1. The van der Waals surface area contributed by atoms with Crippen LogP contribution in [0.25, 0.3) is 10.9 Å². The van der Waals surface area contributed by atoms with Crippen LogP contribution in [0.5, 0.6) is 0 Å². The van der Waals surface area contributed by atoms with E-state index in [1.54, 1.807) is 19.2 Å². The van der Waals surface area contributed by atoms with E-state index in [1.807, 2.05) is 33.3 Å². The van der Waals surface area contributed by atoms with E-state index in [4.69, 9.17) is 4.74 Å². The van der Waals surface area contributed by atoms with Crippen LogP contribution in [-0.4, -0.2) is 83.6 Å². The number of benzene rings is 3. The molecule has 12 heteroatoms. The van der Waals surface area contributed by atoms with Crippen LogP contribution in [0.3, 0.4) is 0 Å². The molecule has 1 aromatic heterocycles. The average Bonchev–Trinajstić information content (AvgIpc) is 3.33. The van der Waals surface area contributed by atoms with Gasteiger partial charge in [0.05, 0.1) is 33.7 Å². The van der Waals surface area contributed by atoms with E-state index in [9.17, 15) is 17.6 Å². The molecule has 10 nitrogen and oxygen atoms in total. The number of anilines is 2. The zero-order valence-corrected chi connectivity index (χ0v) is 23.7. The summed E-state index contributed by atoms with van der Waals surface area (Å²) in [4.78, 5) is 18.7. The summed E-state index contributed by atoms with van der Waals surface area (Å²) in [6.07, 6.45) is 1.46. The molecular formula is C28H33FN6O4S. The molecule has 1 amide bonds. The Morgan fingerprint density at radius 3 is 2.52 bits per heavy atom. The topological polar surface area (TPSA) is 109 Å². The number of methoxy groups -OCH3 is 1. The lowest BCUT2D eigenvalue weighted by molar-refractivity contribution is 0.101. The Bertz CT molecular complexity index is 1610. The van der Waals surface area contributed by atoms with Crippen molar-refractivity contribution in [2.75, 3.05) is 70.1 Å². The van der Waals surface area contributed by atoms with E-state index >= 15 is 0 Å². The number of hydrogen-bond donors (Lipinski definition) is 2. The number of likely N-dealkylation sites (N-methyl/N-ethyl adjacent to an activating group) is 2. The molecule has 3 aromatic carbocycles. The maximum Gasteiger partial charge on any atom is 0.273 e. The number of fused-ring (bicyclic) bond motifs is 1. The molecule has 0 aliphatic rings. The molecule has 0 saturated heterocycles. The number of nitrogens with one attached hydrogen (secondary N) is 2. The van der Waals surface area contributed by atoms with Gasteiger partial charge in [0.15, 0.2) is 0 Å². The second-order valence-electron chi connectivity index (χ2n) is 9.55. The molecule has 0 unspecified atom stereocenters. The average molecular weight is 569 g/mol. The fourth-order valence-corrected chi connectivity index (χ4v) is 5.40. The van der Waals surface area contributed by atoms with Crippen molar-refractivity contribution in [3.8, 4) is 0 Å². The molecular weight excluding hydrogens is 535 g/mol. The standard InChI is InChI=1S/C28H33FN6O4S/c1-33(2)13-14-34(3)22-8-10-25(26(18-22)30-12-15-39-4)28(36)32-35-27-11-9-24(16-20(27)19-31-35)40(37,38)23-7-5-6-21(29)17-23/h5-11,16-19,30H,12-15H2,1-4H3,(H,32,36). The van der Waals surface area contributed by atoms with Gasteiger partial charge in [-0.15, -0.1) is 0 Å². The van der Waals surface area contributed by atoms with Crippen molar-refractivity contribution in [1.82, 2.24) is 14.8 Å². The summed E-state index contributed by atoms with van der Waals surface area (Å²) in [6, 6.07) is 14.8. The predicted octanol–water partition coefficient (Wildman–Crippen LogP) is 3.45. The third-order valence-corrected chi connectivity index (χ3v) is 8.11. The molecule has 4 rings (SSSR count). The zero-order valence-electron chi connectivity index (χ0n) is 22.9. The SMILES string of the molecule is COCCNc1cc(N(C)CCN(C)C)ccc1C(=O)Nn1ncc2cc(S(=O)(=O)c3cccc(F)c3)ccc21. The highest BCUT2D eigenvalue weighted by Gasteiger charge is 2.20. The fraction of sp³-hybridized carbons (Fsp3) is 0.286. The van der Waals surface area contributed by atoms with Crippen LogP contribution in [0.4, 0.5) is 15.8 Å². The molecule has 0 aliphatic carbocycles. The highest BCUT2D eigenvalue weighted by atomic mass is 32.2. The molecule has 0 fully saturated rings. The number of aromatic nitrogens is 2. The number of rotatable bonds is 12. The first-order chi connectivity index (χ1) is 19.1. The fourth-order valence-electron chi connectivity index (χ4n) is 4.07. The van der Waals surface area contributed by atoms with E-state index in [0.717, 1.165) is 24.8 Å². The lowest BCUT2D eigenvalue weighted by Gasteiger charge is -2.23. The van der Waals surface area contributed by atoms with Gasteiger partial charge in [-0.3, -0.25) is 4.79 Å². The molecule has 0 radical (unpaired) electrons. The zero-order chi connectivity index (χ0) is 28.9. The number of carbonyl (C=O) groups excluding carboxylic acids is 1. The minimum Gasteiger partial charge on any atom is -0.383 e. The number of ether oxygens (including phenoxy) is 1. The van der Waals surface area contributed by atoms with Crippen molar-refractivity contribution in [1.29, 1.82) is 0 Å². The van der Waals surface area contributed by atoms with Gasteiger partial charge in [-0.05, 0) is 68.7 Å². The number of hydrogen-bond acceptors (Lipinski definition) is 8. The maximum atomic E-state index is 13.6. The van der Waals surface area contributed by atoms with Gasteiger partial charge in [-0.25, -0.2) is 18.2 Å². The van der Waals surface area contributed by atoms with Crippen molar-refractivity contribution in [3.63, 3.8) is 0 Å². The number of nitrogens with zero attached hydrogens (tertiary/aromatic N) is 4. The quantitative estimate of drug-likeness (QED) is 0.250. The normalized spacial score (nSPS) is 11.7. The van der Waals surface area contributed by atoms with E-state index in [-0.39, 0.29) is 9.79 Å². The summed E-state index contributed by atoms with van der Waals surface area (Å²) in [5.74, 6) is -1.04. The largest absolute Gasteiger partial charge is 0.383 e. The summed E-state index contributed by atoms with van der Waals surface area (Å²) >= 11 is 0. The predicted molar refractivity (Wildman–Crippen MR) is 154 cm³/mol. The number of sulfone groups is 1. The van der Waals surface area contributed by atoms with E-state index < -0.39 is 21.6 Å². The lowest BCUT2D eigenvalue weighted by Crippen LogP contribution is -2.29. The summed E-state index contributed by atoms with van der Waals surface area (Å²) in [5.41, 5.74) is 5.28. The van der Waals surface area contributed by atoms with Crippen LogP contribution in [-0.2, 0) is 14.6 Å². The molecule has 4 aromatic rings. The Kier molecular flexibility index (Phi) is 9.03. The van der Waals surface area contributed by atoms with E-state index in [0.29, 0.717) is 35.3 Å². The van der Waals surface area contributed by atoms with Gasteiger partial charge in [0.25, 0.3) is 5.91 Å².